The number of fused-ring (bicyclic) bond motifs is 2. The molecule has 2 N–H and O–H groups in total. The van der Waals surface area contributed by atoms with Crippen LogP contribution in [0.2, 0.25) is 0 Å². The number of H-pyrrole nitrogens is 1. The second-order valence-electron chi connectivity index (χ2n) is 9.24. The van der Waals surface area contributed by atoms with E-state index >= 15 is 0 Å². The Morgan fingerprint density at radius 3 is 2.69 bits per heavy atom. The fraction of sp³-hybridized carbons (Fsp3) is 0.259. The van der Waals surface area contributed by atoms with Gasteiger partial charge in [-0.1, -0.05) is 36.4 Å². The molecule has 35 heavy (non-hydrogen) atoms. The molecule has 5 aromatic rings. The van der Waals surface area contributed by atoms with Crippen LogP contribution in [0.5, 0.6) is 0 Å². The van der Waals surface area contributed by atoms with Crippen molar-refractivity contribution in [1.82, 2.24) is 29.7 Å². The molecule has 0 bridgehead atoms. The van der Waals surface area contributed by atoms with E-state index in [1.165, 1.54) is 12.8 Å². The number of aryl methyl sites for hydroxylation is 2. The van der Waals surface area contributed by atoms with Gasteiger partial charge in [0.2, 0.25) is 0 Å². The third-order valence-electron chi connectivity index (χ3n) is 6.79. The van der Waals surface area contributed by atoms with E-state index in [1.54, 1.807) is 11.4 Å². The van der Waals surface area contributed by atoms with E-state index in [-0.39, 0.29) is 17.2 Å². The number of hydrogen-bond acceptors (Lipinski definition) is 4. The number of nitrogens with zero attached hydrogens (tertiary/aromatic N) is 4. The molecule has 0 saturated heterocycles. The van der Waals surface area contributed by atoms with E-state index in [1.807, 2.05) is 60.3 Å². The zero-order valence-electron chi connectivity index (χ0n) is 19.7. The highest BCUT2D eigenvalue weighted by molar-refractivity contribution is 5.95. The van der Waals surface area contributed by atoms with Gasteiger partial charge in [-0.25, -0.2) is 4.52 Å². The summed E-state index contributed by atoms with van der Waals surface area (Å²) in [5.41, 5.74) is 4.41. The number of carbonyl (C=O) groups excluding carboxylic acids is 1. The van der Waals surface area contributed by atoms with Crippen LogP contribution in [0.15, 0.2) is 59.5 Å². The number of carbonyl (C=O) groups is 1. The molecule has 1 aliphatic rings. The first-order valence-corrected chi connectivity index (χ1v) is 11.9. The Hall–Kier alpha value is -4.20. The SMILES string of the molecule is Cc1c(C(=O)NCCn2ccc(C3CC3)n2)nn2c(C)c(-c3ccc4ccccc4c3)[nH]c(=O)c12. The smallest absolute Gasteiger partial charge is 0.274 e. The molecule has 3 heterocycles. The van der Waals surface area contributed by atoms with Gasteiger partial charge in [0.25, 0.3) is 11.5 Å². The van der Waals surface area contributed by atoms with Crippen LogP contribution in [-0.4, -0.2) is 36.8 Å². The van der Waals surface area contributed by atoms with Crippen molar-refractivity contribution in [3.8, 4) is 11.3 Å². The average molecular weight is 467 g/mol. The molecule has 8 nitrogen and oxygen atoms in total. The summed E-state index contributed by atoms with van der Waals surface area (Å²) in [5, 5.41) is 14.3. The molecule has 2 aromatic carbocycles. The summed E-state index contributed by atoms with van der Waals surface area (Å²) in [6.45, 7) is 4.67. The molecule has 6 rings (SSSR count). The Bertz CT molecular complexity index is 1650. The summed E-state index contributed by atoms with van der Waals surface area (Å²) in [5.74, 6) is 0.305. The predicted octanol–water partition coefficient (Wildman–Crippen LogP) is 3.96. The highest BCUT2D eigenvalue weighted by Gasteiger charge is 2.26. The Morgan fingerprint density at radius 1 is 1.09 bits per heavy atom. The van der Waals surface area contributed by atoms with E-state index in [4.69, 9.17) is 0 Å². The summed E-state index contributed by atoms with van der Waals surface area (Å²) < 4.78 is 3.44. The van der Waals surface area contributed by atoms with Gasteiger partial charge in [0, 0.05) is 29.8 Å². The first-order valence-electron chi connectivity index (χ1n) is 11.9. The number of hydrogen-bond donors (Lipinski definition) is 2. The number of benzene rings is 2. The summed E-state index contributed by atoms with van der Waals surface area (Å²) in [7, 11) is 0. The molecule has 1 saturated carbocycles. The minimum absolute atomic E-state index is 0.258. The second-order valence-corrected chi connectivity index (χ2v) is 9.24. The second kappa shape index (κ2) is 8.23. The van der Waals surface area contributed by atoms with Gasteiger partial charge in [-0.05, 0) is 49.6 Å². The van der Waals surface area contributed by atoms with E-state index in [0.717, 1.165) is 27.7 Å². The van der Waals surface area contributed by atoms with Gasteiger partial charge < -0.3 is 10.3 Å². The minimum atomic E-state index is -0.299. The molecule has 0 aliphatic heterocycles. The van der Waals surface area contributed by atoms with Gasteiger partial charge in [0.1, 0.15) is 5.52 Å². The van der Waals surface area contributed by atoms with E-state index in [9.17, 15) is 9.59 Å². The Balaban J connectivity index is 1.28. The van der Waals surface area contributed by atoms with Crippen molar-refractivity contribution >= 4 is 22.2 Å². The number of amides is 1. The normalized spacial score (nSPS) is 13.5. The van der Waals surface area contributed by atoms with Crippen molar-refractivity contribution < 1.29 is 4.79 Å². The first-order chi connectivity index (χ1) is 17.0. The fourth-order valence-electron chi connectivity index (χ4n) is 4.68. The van der Waals surface area contributed by atoms with Crippen LogP contribution in [0.4, 0.5) is 0 Å². The van der Waals surface area contributed by atoms with Crippen LogP contribution in [0.3, 0.4) is 0 Å². The topological polar surface area (TPSA) is 97.1 Å². The lowest BCUT2D eigenvalue weighted by molar-refractivity contribution is 0.0946. The van der Waals surface area contributed by atoms with Crippen LogP contribution in [0.25, 0.3) is 27.5 Å². The van der Waals surface area contributed by atoms with Gasteiger partial charge in [0.05, 0.1) is 23.6 Å². The summed E-state index contributed by atoms with van der Waals surface area (Å²) in [6.07, 6.45) is 4.37. The zero-order valence-corrected chi connectivity index (χ0v) is 19.7. The maximum atomic E-state index is 13.0. The average Bonchev–Trinajstić information content (AvgIpc) is 3.50. The van der Waals surface area contributed by atoms with Crippen LogP contribution in [0, 0.1) is 13.8 Å². The monoisotopic (exact) mass is 466 g/mol. The number of aromatic nitrogens is 5. The number of rotatable bonds is 6. The number of nitrogens with one attached hydrogen (secondary N) is 2. The molecule has 0 spiro atoms. The van der Waals surface area contributed by atoms with Crippen LogP contribution in [-0.2, 0) is 6.54 Å². The quantitative estimate of drug-likeness (QED) is 0.396. The molecule has 0 atom stereocenters. The van der Waals surface area contributed by atoms with E-state index in [0.29, 0.717) is 35.8 Å². The lowest BCUT2D eigenvalue weighted by Gasteiger charge is -2.09. The summed E-state index contributed by atoms with van der Waals surface area (Å²) in [4.78, 5) is 29.0. The Kier molecular flexibility index (Phi) is 5.02. The standard InChI is InChI=1S/C27H26N6O2/c1-16-23(26(34)28-12-14-32-13-11-22(30-32)19-8-9-19)31-33-17(2)24(29-27(35)25(16)33)21-10-7-18-5-3-4-6-20(18)15-21/h3-7,10-11,13,15,19H,8-9,12,14H2,1-2H3,(H,28,34)(H,29,35). The van der Waals surface area contributed by atoms with Crippen molar-refractivity contribution in [3.63, 3.8) is 0 Å². The van der Waals surface area contributed by atoms with Crippen molar-refractivity contribution in [3.05, 3.63) is 87.7 Å². The molecular weight excluding hydrogens is 440 g/mol. The maximum Gasteiger partial charge on any atom is 0.274 e. The van der Waals surface area contributed by atoms with Crippen molar-refractivity contribution in [2.75, 3.05) is 6.54 Å². The molecule has 1 aliphatic carbocycles. The predicted molar refractivity (Wildman–Crippen MR) is 135 cm³/mol. The molecule has 1 fully saturated rings. The number of aromatic amines is 1. The minimum Gasteiger partial charge on any atom is -0.349 e. The summed E-state index contributed by atoms with van der Waals surface area (Å²) in [6, 6.07) is 16.2. The summed E-state index contributed by atoms with van der Waals surface area (Å²) >= 11 is 0. The molecule has 3 aromatic heterocycles. The molecule has 0 radical (unpaired) electrons. The van der Waals surface area contributed by atoms with Crippen molar-refractivity contribution in [2.45, 2.75) is 39.2 Å². The molecule has 176 valence electrons. The third-order valence-corrected chi connectivity index (χ3v) is 6.79. The zero-order chi connectivity index (χ0) is 24.1. The highest BCUT2D eigenvalue weighted by atomic mass is 16.2. The molecule has 8 heteroatoms. The van der Waals surface area contributed by atoms with Crippen molar-refractivity contribution in [1.29, 1.82) is 0 Å². The Labute approximate surface area is 201 Å². The van der Waals surface area contributed by atoms with Gasteiger partial charge >= 0.3 is 0 Å². The van der Waals surface area contributed by atoms with Crippen LogP contribution in [0.1, 0.15) is 46.2 Å². The molecule has 0 unspecified atom stereocenters. The van der Waals surface area contributed by atoms with Gasteiger partial charge in [-0.15, -0.1) is 0 Å². The van der Waals surface area contributed by atoms with Gasteiger partial charge in [0.15, 0.2) is 5.69 Å². The lowest BCUT2D eigenvalue weighted by atomic mass is 10.0. The van der Waals surface area contributed by atoms with E-state index < -0.39 is 0 Å². The molecular formula is C27H26N6O2. The first kappa shape index (κ1) is 21.3. The lowest BCUT2D eigenvalue weighted by Crippen LogP contribution is -2.28. The Morgan fingerprint density at radius 2 is 1.89 bits per heavy atom. The van der Waals surface area contributed by atoms with Gasteiger partial charge in [-0.3, -0.25) is 14.3 Å². The maximum absolute atomic E-state index is 13.0. The largest absolute Gasteiger partial charge is 0.349 e. The van der Waals surface area contributed by atoms with Crippen LogP contribution < -0.4 is 10.9 Å². The third kappa shape index (κ3) is 3.80. The van der Waals surface area contributed by atoms with Gasteiger partial charge in [-0.2, -0.15) is 10.2 Å². The van der Waals surface area contributed by atoms with Crippen LogP contribution >= 0.6 is 0 Å². The highest BCUT2D eigenvalue weighted by Crippen LogP contribution is 2.38. The fourth-order valence-corrected chi connectivity index (χ4v) is 4.68. The van der Waals surface area contributed by atoms with E-state index in [2.05, 4.69) is 26.6 Å². The molecule has 1 amide bonds. The van der Waals surface area contributed by atoms with Crippen molar-refractivity contribution in [2.24, 2.45) is 0 Å².